The summed E-state index contributed by atoms with van der Waals surface area (Å²) in [5.41, 5.74) is 0. The van der Waals surface area contributed by atoms with E-state index in [1.54, 1.807) is 14.2 Å². The molecule has 1 atom stereocenters. The average Bonchev–Trinajstić information content (AvgIpc) is 2.04. The molecule has 0 aliphatic rings. The maximum absolute atomic E-state index is 5.19. The van der Waals surface area contributed by atoms with Gasteiger partial charge in [-0.3, -0.25) is 0 Å². The van der Waals surface area contributed by atoms with Crippen molar-refractivity contribution in [2.24, 2.45) is 11.8 Å². The second-order valence-corrected chi connectivity index (χ2v) is 4.09. The molecule has 0 spiro atoms. The highest BCUT2D eigenvalue weighted by Crippen LogP contribution is 2.17. The molecule has 0 aromatic heterocycles. The van der Waals surface area contributed by atoms with Gasteiger partial charge < -0.3 is 9.47 Å². The lowest BCUT2D eigenvalue weighted by Crippen LogP contribution is -2.12. The zero-order valence-electron chi connectivity index (χ0n) is 9.51. The minimum Gasteiger partial charge on any atom is -0.385 e. The Balaban J connectivity index is 3.53. The van der Waals surface area contributed by atoms with Crippen LogP contribution in [-0.2, 0) is 9.47 Å². The van der Waals surface area contributed by atoms with Gasteiger partial charge in [-0.2, -0.15) is 0 Å². The van der Waals surface area contributed by atoms with Crippen LogP contribution in [0, 0.1) is 11.8 Å². The van der Waals surface area contributed by atoms with E-state index in [2.05, 4.69) is 13.8 Å². The summed E-state index contributed by atoms with van der Waals surface area (Å²) in [4.78, 5) is 0. The highest BCUT2D eigenvalue weighted by Gasteiger charge is 2.09. The van der Waals surface area contributed by atoms with Gasteiger partial charge in [0, 0.05) is 27.4 Å². The number of hydrogen-bond donors (Lipinski definition) is 0. The smallest absolute Gasteiger partial charge is 0.0490 e. The molecule has 0 saturated heterocycles. The van der Waals surface area contributed by atoms with Crippen molar-refractivity contribution in [3.05, 3.63) is 0 Å². The summed E-state index contributed by atoms with van der Waals surface area (Å²) in [6.45, 7) is 6.29. The first-order valence-corrected chi connectivity index (χ1v) is 5.18. The Hall–Kier alpha value is -0.0800. The first-order valence-electron chi connectivity index (χ1n) is 5.18. The molecule has 0 aromatic rings. The lowest BCUT2D eigenvalue weighted by molar-refractivity contribution is 0.124. The Morgan fingerprint density at radius 2 is 1.77 bits per heavy atom. The van der Waals surface area contributed by atoms with Crippen molar-refractivity contribution in [2.45, 2.75) is 33.1 Å². The van der Waals surface area contributed by atoms with Crippen molar-refractivity contribution >= 4 is 0 Å². The van der Waals surface area contributed by atoms with Crippen molar-refractivity contribution in [1.82, 2.24) is 0 Å². The molecule has 0 fully saturated rings. The van der Waals surface area contributed by atoms with Gasteiger partial charge in [-0.15, -0.1) is 0 Å². The van der Waals surface area contributed by atoms with Crippen LogP contribution >= 0.6 is 0 Å². The molecule has 0 heterocycles. The second kappa shape index (κ2) is 8.52. The third kappa shape index (κ3) is 8.26. The third-order valence-electron chi connectivity index (χ3n) is 2.17. The SMILES string of the molecule is COCCCC(COC)CC(C)C. The summed E-state index contributed by atoms with van der Waals surface area (Å²) in [5, 5.41) is 0. The molecule has 0 aliphatic heterocycles. The molecule has 0 aromatic carbocycles. The van der Waals surface area contributed by atoms with Crippen LogP contribution in [0.5, 0.6) is 0 Å². The molecule has 0 radical (unpaired) electrons. The fourth-order valence-electron chi connectivity index (χ4n) is 1.69. The normalized spacial score (nSPS) is 13.6. The summed E-state index contributed by atoms with van der Waals surface area (Å²) >= 11 is 0. The van der Waals surface area contributed by atoms with Crippen LogP contribution in [-0.4, -0.2) is 27.4 Å². The zero-order chi connectivity index (χ0) is 10.1. The van der Waals surface area contributed by atoms with Gasteiger partial charge in [-0.25, -0.2) is 0 Å². The van der Waals surface area contributed by atoms with Crippen LogP contribution < -0.4 is 0 Å². The number of rotatable bonds is 8. The first-order chi connectivity index (χ1) is 6.20. The number of ether oxygens (including phenoxy) is 2. The summed E-state index contributed by atoms with van der Waals surface area (Å²) in [5.74, 6) is 1.47. The molecule has 2 nitrogen and oxygen atoms in total. The van der Waals surface area contributed by atoms with Crippen molar-refractivity contribution in [2.75, 3.05) is 27.4 Å². The van der Waals surface area contributed by atoms with Crippen molar-refractivity contribution in [1.29, 1.82) is 0 Å². The summed E-state index contributed by atoms with van der Waals surface area (Å²) < 4.78 is 10.2. The molecule has 13 heavy (non-hydrogen) atoms. The molecule has 2 heteroatoms. The van der Waals surface area contributed by atoms with Crippen LogP contribution in [0.15, 0.2) is 0 Å². The first kappa shape index (κ1) is 12.9. The van der Waals surface area contributed by atoms with Gasteiger partial charge >= 0.3 is 0 Å². The zero-order valence-corrected chi connectivity index (χ0v) is 9.51. The fourth-order valence-corrected chi connectivity index (χ4v) is 1.69. The van der Waals surface area contributed by atoms with Gasteiger partial charge in [0.25, 0.3) is 0 Å². The predicted molar refractivity (Wildman–Crippen MR) is 55.9 cm³/mol. The Labute approximate surface area is 82.6 Å². The van der Waals surface area contributed by atoms with E-state index in [1.165, 1.54) is 12.8 Å². The molecular formula is C11H24O2. The quantitative estimate of drug-likeness (QED) is 0.545. The van der Waals surface area contributed by atoms with Gasteiger partial charge in [0.2, 0.25) is 0 Å². The maximum Gasteiger partial charge on any atom is 0.0490 e. The fraction of sp³-hybridized carbons (Fsp3) is 1.00. The Bertz CT molecular complexity index is 102. The molecule has 80 valence electrons. The summed E-state index contributed by atoms with van der Waals surface area (Å²) in [7, 11) is 3.54. The minimum atomic E-state index is 0.708. The Morgan fingerprint density at radius 1 is 1.08 bits per heavy atom. The standard InChI is InChI=1S/C11H24O2/c1-10(2)8-11(9-13-4)6-5-7-12-3/h10-11H,5-9H2,1-4H3. The van der Waals surface area contributed by atoms with Crippen molar-refractivity contribution < 1.29 is 9.47 Å². The van der Waals surface area contributed by atoms with E-state index in [0.717, 1.165) is 25.6 Å². The largest absolute Gasteiger partial charge is 0.385 e. The van der Waals surface area contributed by atoms with Crippen LogP contribution in [0.3, 0.4) is 0 Å². The van der Waals surface area contributed by atoms with E-state index < -0.39 is 0 Å². The van der Waals surface area contributed by atoms with Crippen molar-refractivity contribution in [3.63, 3.8) is 0 Å². The van der Waals surface area contributed by atoms with Crippen LogP contribution in [0.25, 0.3) is 0 Å². The van der Waals surface area contributed by atoms with Gasteiger partial charge in [0.05, 0.1) is 0 Å². The highest BCUT2D eigenvalue weighted by atomic mass is 16.5. The molecule has 0 rings (SSSR count). The van der Waals surface area contributed by atoms with Crippen molar-refractivity contribution in [3.8, 4) is 0 Å². The minimum absolute atomic E-state index is 0.708. The van der Waals surface area contributed by atoms with E-state index in [1.807, 2.05) is 0 Å². The predicted octanol–water partition coefficient (Wildman–Crippen LogP) is 2.72. The number of hydrogen-bond acceptors (Lipinski definition) is 2. The van der Waals surface area contributed by atoms with E-state index in [-0.39, 0.29) is 0 Å². The summed E-state index contributed by atoms with van der Waals surface area (Å²) in [6, 6.07) is 0. The van der Waals surface area contributed by atoms with Crippen LogP contribution in [0.1, 0.15) is 33.1 Å². The van der Waals surface area contributed by atoms with E-state index in [9.17, 15) is 0 Å². The lowest BCUT2D eigenvalue weighted by atomic mass is 9.94. The molecule has 0 amide bonds. The number of methoxy groups -OCH3 is 2. The van der Waals surface area contributed by atoms with E-state index >= 15 is 0 Å². The van der Waals surface area contributed by atoms with E-state index in [4.69, 9.17) is 9.47 Å². The monoisotopic (exact) mass is 188 g/mol. The molecule has 1 unspecified atom stereocenters. The van der Waals surface area contributed by atoms with Gasteiger partial charge in [0.1, 0.15) is 0 Å². The molecule has 0 N–H and O–H groups in total. The third-order valence-corrected chi connectivity index (χ3v) is 2.17. The Morgan fingerprint density at radius 3 is 2.23 bits per heavy atom. The second-order valence-electron chi connectivity index (χ2n) is 4.09. The molecular weight excluding hydrogens is 164 g/mol. The topological polar surface area (TPSA) is 18.5 Å². The molecule has 0 bridgehead atoms. The Kier molecular flexibility index (Phi) is 8.46. The lowest BCUT2D eigenvalue weighted by Gasteiger charge is -2.17. The highest BCUT2D eigenvalue weighted by molar-refractivity contribution is 4.60. The van der Waals surface area contributed by atoms with Gasteiger partial charge in [0.15, 0.2) is 0 Å². The van der Waals surface area contributed by atoms with Gasteiger partial charge in [-0.05, 0) is 31.1 Å². The maximum atomic E-state index is 5.19. The van der Waals surface area contributed by atoms with Gasteiger partial charge in [-0.1, -0.05) is 13.8 Å². The molecule has 0 aliphatic carbocycles. The molecule has 0 saturated carbocycles. The van der Waals surface area contributed by atoms with Crippen LogP contribution in [0.2, 0.25) is 0 Å². The van der Waals surface area contributed by atoms with Crippen LogP contribution in [0.4, 0.5) is 0 Å². The van der Waals surface area contributed by atoms with E-state index in [0.29, 0.717) is 5.92 Å². The summed E-state index contributed by atoms with van der Waals surface area (Å²) in [6.07, 6.45) is 3.63. The average molecular weight is 188 g/mol.